The van der Waals surface area contributed by atoms with Crippen molar-refractivity contribution in [2.45, 2.75) is 24.3 Å². The molecule has 0 aliphatic heterocycles. The van der Waals surface area contributed by atoms with E-state index in [9.17, 15) is 14.4 Å². The van der Waals surface area contributed by atoms with Crippen LogP contribution in [0.2, 0.25) is 0 Å². The van der Waals surface area contributed by atoms with Gasteiger partial charge in [-0.3, -0.25) is 14.2 Å². The number of fused-ring (bicyclic) bond motifs is 1. The molecule has 0 aliphatic rings. The average molecular weight is 414 g/mol. The molecule has 8 heteroatoms. The van der Waals surface area contributed by atoms with Gasteiger partial charge in [0.15, 0.2) is 12.2 Å². The smallest absolute Gasteiger partial charge is 0.419 e. The first kappa shape index (κ1) is 20.7. The van der Waals surface area contributed by atoms with Crippen molar-refractivity contribution < 1.29 is 18.7 Å². The predicted octanol–water partition coefficient (Wildman–Crippen LogP) is 2.83. The highest BCUT2D eigenvalue weighted by molar-refractivity contribution is 7.99. The number of nitrogens with zero attached hydrogens (tertiary/aromatic N) is 1. The van der Waals surface area contributed by atoms with Gasteiger partial charge in [-0.25, -0.2) is 4.79 Å². The summed E-state index contributed by atoms with van der Waals surface area (Å²) in [4.78, 5) is 36.7. The number of esters is 1. The van der Waals surface area contributed by atoms with E-state index in [1.165, 1.54) is 9.46 Å². The topological polar surface area (TPSA) is 90.5 Å². The van der Waals surface area contributed by atoms with Gasteiger partial charge in [-0.1, -0.05) is 30.3 Å². The number of carbonyl (C=O) groups is 2. The molecule has 3 rings (SSSR count). The number of benzene rings is 2. The summed E-state index contributed by atoms with van der Waals surface area (Å²) in [7, 11) is 0. The van der Waals surface area contributed by atoms with Gasteiger partial charge < -0.3 is 14.5 Å². The molecule has 0 radical (unpaired) electrons. The fourth-order valence-corrected chi connectivity index (χ4v) is 3.58. The Morgan fingerprint density at radius 3 is 2.66 bits per heavy atom. The van der Waals surface area contributed by atoms with E-state index in [0.29, 0.717) is 17.6 Å². The van der Waals surface area contributed by atoms with Gasteiger partial charge in [0, 0.05) is 18.0 Å². The zero-order chi connectivity index (χ0) is 20.5. The Balaban J connectivity index is 1.31. The molecule has 2 aromatic carbocycles. The number of rotatable bonds is 10. The van der Waals surface area contributed by atoms with Crippen molar-refractivity contribution in [3.05, 3.63) is 65.1 Å². The summed E-state index contributed by atoms with van der Waals surface area (Å²) in [5, 5.41) is 2.73. The van der Waals surface area contributed by atoms with Gasteiger partial charge >= 0.3 is 11.7 Å². The van der Waals surface area contributed by atoms with Crippen LogP contribution in [0.5, 0.6) is 0 Å². The molecule has 1 amide bonds. The van der Waals surface area contributed by atoms with Crippen LogP contribution >= 0.6 is 11.8 Å². The lowest BCUT2D eigenvalue weighted by Crippen LogP contribution is -2.30. The molecule has 7 nitrogen and oxygen atoms in total. The number of aryl methyl sites for hydroxylation is 1. The molecule has 152 valence electrons. The molecule has 0 atom stereocenters. The van der Waals surface area contributed by atoms with Gasteiger partial charge in [0.05, 0.1) is 11.9 Å². The molecule has 0 bridgehead atoms. The summed E-state index contributed by atoms with van der Waals surface area (Å²) in [6.45, 7) is 0.325. The van der Waals surface area contributed by atoms with E-state index in [1.807, 2.05) is 30.3 Å². The van der Waals surface area contributed by atoms with Crippen LogP contribution in [0.4, 0.5) is 0 Å². The second-order valence-corrected chi connectivity index (χ2v) is 7.43. The Morgan fingerprint density at radius 1 is 1.07 bits per heavy atom. The van der Waals surface area contributed by atoms with E-state index in [0.717, 1.165) is 12.2 Å². The maximum absolute atomic E-state index is 11.9. The van der Waals surface area contributed by atoms with Gasteiger partial charge in [-0.2, -0.15) is 0 Å². The van der Waals surface area contributed by atoms with E-state index in [2.05, 4.69) is 5.32 Å². The number of para-hydroxylation sites is 2. The lowest BCUT2D eigenvalue weighted by atomic mass is 10.3. The van der Waals surface area contributed by atoms with Crippen LogP contribution in [0.15, 0.2) is 68.7 Å². The van der Waals surface area contributed by atoms with Gasteiger partial charge in [0.2, 0.25) is 0 Å². The number of amides is 1. The maximum atomic E-state index is 11.9. The third kappa shape index (κ3) is 6.25. The predicted molar refractivity (Wildman–Crippen MR) is 111 cm³/mol. The van der Waals surface area contributed by atoms with Crippen LogP contribution in [0, 0.1) is 0 Å². The average Bonchev–Trinajstić information content (AvgIpc) is 3.06. The Hall–Kier alpha value is -3.00. The second kappa shape index (κ2) is 10.5. The zero-order valence-electron chi connectivity index (χ0n) is 15.8. The van der Waals surface area contributed by atoms with Crippen molar-refractivity contribution in [3.8, 4) is 0 Å². The maximum Gasteiger partial charge on any atom is 0.419 e. The molecule has 0 unspecified atom stereocenters. The number of hydrogen-bond acceptors (Lipinski definition) is 6. The van der Waals surface area contributed by atoms with Gasteiger partial charge in [0.1, 0.15) is 0 Å². The van der Waals surface area contributed by atoms with Gasteiger partial charge in [0.25, 0.3) is 5.91 Å². The molecule has 1 N–H and O–H groups in total. The minimum atomic E-state index is -0.544. The lowest BCUT2D eigenvalue weighted by molar-refractivity contribution is -0.148. The SMILES string of the molecule is O=C(COC(=O)CCn1c(=O)oc2ccccc21)NCCCSc1ccccc1. The molecule has 1 heterocycles. The molecule has 0 fully saturated rings. The minimum Gasteiger partial charge on any atom is -0.456 e. The number of nitrogens with one attached hydrogen (secondary N) is 1. The summed E-state index contributed by atoms with van der Waals surface area (Å²) < 4.78 is 11.5. The highest BCUT2D eigenvalue weighted by Crippen LogP contribution is 2.17. The standard InChI is InChI=1S/C21H22N2O5S/c24-19(22-12-6-14-29-16-7-2-1-3-8-16)15-27-20(25)11-13-23-17-9-4-5-10-18(17)28-21(23)26/h1-5,7-10H,6,11-15H2,(H,22,24). The molecule has 3 aromatic rings. The third-order valence-corrected chi connectivity index (χ3v) is 5.23. The van der Waals surface area contributed by atoms with Crippen molar-refractivity contribution in [2.24, 2.45) is 0 Å². The van der Waals surface area contributed by atoms with E-state index in [-0.39, 0.29) is 25.5 Å². The fourth-order valence-electron chi connectivity index (χ4n) is 2.70. The summed E-state index contributed by atoms with van der Waals surface area (Å²) >= 11 is 1.73. The summed E-state index contributed by atoms with van der Waals surface area (Å²) in [6.07, 6.45) is 0.792. The van der Waals surface area contributed by atoms with Gasteiger partial charge in [-0.05, 0) is 36.4 Å². The first-order valence-electron chi connectivity index (χ1n) is 9.32. The Morgan fingerprint density at radius 2 is 1.83 bits per heavy atom. The van der Waals surface area contributed by atoms with Crippen LogP contribution in [-0.4, -0.2) is 35.3 Å². The highest BCUT2D eigenvalue weighted by atomic mass is 32.2. The number of ether oxygens (including phenoxy) is 1. The molecule has 0 spiro atoms. The van der Waals surface area contributed by atoms with Crippen LogP contribution in [0.25, 0.3) is 11.1 Å². The molecule has 0 aliphatic carbocycles. The van der Waals surface area contributed by atoms with Crippen molar-refractivity contribution in [1.29, 1.82) is 0 Å². The molecule has 1 aromatic heterocycles. The number of oxazole rings is 1. The molecular formula is C21H22N2O5S. The minimum absolute atomic E-state index is 0.0234. The van der Waals surface area contributed by atoms with E-state index < -0.39 is 11.7 Å². The van der Waals surface area contributed by atoms with Gasteiger partial charge in [-0.15, -0.1) is 11.8 Å². The molecule has 0 saturated carbocycles. The number of aromatic nitrogens is 1. The van der Waals surface area contributed by atoms with E-state index in [1.54, 1.807) is 36.0 Å². The third-order valence-electron chi connectivity index (χ3n) is 4.13. The largest absolute Gasteiger partial charge is 0.456 e. The highest BCUT2D eigenvalue weighted by Gasteiger charge is 2.12. The first-order chi connectivity index (χ1) is 14.1. The van der Waals surface area contributed by atoms with Crippen LogP contribution < -0.4 is 11.1 Å². The summed E-state index contributed by atoms with van der Waals surface area (Å²) in [6, 6.07) is 17.0. The van der Waals surface area contributed by atoms with E-state index in [4.69, 9.17) is 9.15 Å². The molecule has 29 heavy (non-hydrogen) atoms. The Kier molecular flexibility index (Phi) is 7.52. The summed E-state index contributed by atoms with van der Waals surface area (Å²) in [5.74, 6) is -0.520. The van der Waals surface area contributed by atoms with Crippen molar-refractivity contribution in [2.75, 3.05) is 18.9 Å². The summed E-state index contributed by atoms with van der Waals surface area (Å²) in [5.41, 5.74) is 1.09. The normalized spacial score (nSPS) is 10.8. The van der Waals surface area contributed by atoms with Crippen LogP contribution in [0.3, 0.4) is 0 Å². The number of carbonyl (C=O) groups excluding carboxylic acids is 2. The second-order valence-electron chi connectivity index (χ2n) is 6.26. The monoisotopic (exact) mass is 414 g/mol. The first-order valence-corrected chi connectivity index (χ1v) is 10.3. The number of hydrogen-bond donors (Lipinski definition) is 1. The van der Waals surface area contributed by atoms with E-state index >= 15 is 0 Å². The van der Waals surface area contributed by atoms with Crippen LogP contribution in [-0.2, 0) is 20.9 Å². The van der Waals surface area contributed by atoms with Crippen molar-refractivity contribution in [1.82, 2.24) is 9.88 Å². The zero-order valence-corrected chi connectivity index (χ0v) is 16.7. The van der Waals surface area contributed by atoms with Crippen molar-refractivity contribution >= 4 is 34.7 Å². The Labute approximate surface area is 172 Å². The fraction of sp³-hybridized carbons (Fsp3) is 0.286. The number of thioether (sulfide) groups is 1. The van der Waals surface area contributed by atoms with Crippen molar-refractivity contribution in [3.63, 3.8) is 0 Å². The lowest BCUT2D eigenvalue weighted by Gasteiger charge is -2.07. The Bertz CT molecular complexity index is 1010. The quantitative estimate of drug-likeness (QED) is 0.312. The molecular weight excluding hydrogens is 392 g/mol. The van der Waals surface area contributed by atoms with Crippen LogP contribution in [0.1, 0.15) is 12.8 Å². The molecule has 0 saturated heterocycles.